The molecule has 0 radical (unpaired) electrons. The van der Waals surface area contributed by atoms with Crippen LogP contribution >= 0.6 is 0 Å². The van der Waals surface area contributed by atoms with Gasteiger partial charge in [0.2, 0.25) is 0 Å². The molecule has 0 saturated heterocycles. The molecule has 0 saturated carbocycles. The van der Waals surface area contributed by atoms with Crippen molar-refractivity contribution in [1.82, 2.24) is 39.1 Å². The van der Waals surface area contributed by atoms with Gasteiger partial charge in [0.25, 0.3) is 0 Å². The van der Waals surface area contributed by atoms with Crippen molar-refractivity contribution >= 4 is 68.8 Å². The van der Waals surface area contributed by atoms with E-state index in [0.29, 0.717) is 0 Å². The van der Waals surface area contributed by atoms with Crippen LogP contribution in [0.2, 0.25) is 0 Å². The van der Waals surface area contributed by atoms with Crippen molar-refractivity contribution in [2.45, 2.75) is 0 Å². The zero-order valence-corrected chi connectivity index (χ0v) is 33.4. The van der Waals surface area contributed by atoms with Crippen LogP contribution in [0.1, 0.15) is 39.5 Å². The van der Waals surface area contributed by atoms with E-state index in [1.54, 1.807) is 0 Å². The maximum absolute atomic E-state index is 6.25. The zero-order chi connectivity index (χ0) is 39.3. The number of likely N-dealkylation sites (N-methyl/N-ethyl adjacent to an activating group) is 4. The third-order valence-corrected chi connectivity index (χ3v) is 10.2. The van der Waals surface area contributed by atoms with E-state index in [2.05, 4.69) is 185 Å². The minimum atomic E-state index is 0. The number of hydrogen-bond acceptors (Lipinski definition) is 8. The Morgan fingerprint density at radius 3 is 1.49 bits per heavy atom. The van der Waals surface area contributed by atoms with Crippen molar-refractivity contribution in [3.8, 4) is 0 Å². The summed E-state index contributed by atoms with van der Waals surface area (Å²) in [6, 6.07) is 10.7. The molecule has 3 aromatic rings. The molecule has 1 N–H and O–H groups in total. The fraction of sp³-hybridized carbons (Fsp3) is 0.174. The van der Waals surface area contributed by atoms with Crippen LogP contribution < -0.4 is 0 Å². The van der Waals surface area contributed by atoms with E-state index < -0.39 is 0 Å². The Morgan fingerprint density at radius 2 is 0.982 bits per heavy atom. The van der Waals surface area contributed by atoms with Gasteiger partial charge in [-0.3, -0.25) is 0 Å². The largest absolute Gasteiger partial charge is 3.00 e. The van der Waals surface area contributed by atoms with Gasteiger partial charge in [0.05, 0.1) is 33.8 Å². The Kier molecular flexibility index (Phi) is 12.1. The first-order valence-electron chi connectivity index (χ1n) is 18.3. The Bertz CT molecular complexity index is 2590. The minimum absolute atomic E-state index is 0. The van der Waals surface area contributed by atoms with Crippen molar-refractivity contribution in [1.29, 1.82) is 10.5 Å². The SMILES string of the molecule is CN1C=CC(c2c(C3=CCN(C)C=C3)c3c(C4=CCN(C)C=C4)c4nc(cc5ccc(cc6nc(cc2n3C2=CCN(C)C=C2)C=C6)[nH]5)C=C4)=CC1.[C-]#N.[C-]#N.[Co+3]. The molecule has 0 fully saturated rings. The zero-order valence-electron chi connectivity index (χ0n) is 32.3. The summed E-state index contributed by atoms with van der Waals surface area (Å²) in [6.07, 6.45) is 35.7. The Hall–Kier alpha value is -6.79. The summed E-state index contributed by atoms with van der Waals surface area (Å²) in [5, 5.41) is 12.5. The summed E-state index contributed by atoms with van der Waals surface area (Å²) < 4.78 is 2.48. The van der Waals surface area contributed by atoms with Crippen LogP contribution in [0.15, 0.2) is 104 Å². The average Bonchev–Trinajstić information content (AvgIpc) is 4.04. The van der Waals surface area contributed by atoms with Crippen molar-refractivity contribution in [2.75, 3.05) is 54.4 Å². The summed E-state index contributed by atoms with van der Waals surface area (Å²) >= 11 is 0. The van der Waals surface area contributed by atoms with E-state index in [0.717, 1.165) is 87.9 Å². The van der Waals surface area contributed by atoms with E-state index in [1.165, 1.54) is 22.3 Å². The molecule has 0 aromatic carbocycles. The second kappa shape index (κ2) is 17.3. The number of fused-ring (bicyclic) bond motifs is 8. The van der Waals surface area contributed by atoms with Gasteiger partial charge in [0.1, 0.15) is 0 Å². The molecule has 0 unspecified atom stereocenters. The van der Waals surface area contributed by atoms with Crippen molar-refractivity contribution in [3.05, 3.63) is 156 Å². The molecule has 0 aliphatic carbocycles. The van der Waals surface area contributed by atoms with Crippen LogP contribution in [0.25, 0.3) is 68.8 Å². The number of rotatable bonds is 4. The first-order valence-corrected chi connectivity index (χ1v) is 18.3. The first-order chi connectivity index (χ1) is 27.4. The normalized spacial score (nSPS) is 16.4. The Labute approximate surface area is 344 Å². The number of hydrogen-bond donors (Lipinski definition) is 1. The summed E-state index contributed by atoms with van der Waals surface area (Å²) in [7, 11) is 8.48. The topological polar surface area (TPSA) is 107 Å². The fourth-order valence-electron chi connectivity index (χ4n) is 7.45. The van der Waals surface area contributed by atoms with Gasteiger partial charge in [-0.1, -0.05) is 18.2 Å². The maximum atomic E-state index is 6.25. The van der Waals surface area contributed by atoms with Crippen LogP contribution in [-0.4, -0.2) is 93.5 Å². The smallest absolute Gasteiger partial charge is 0.512 e. The molecule has 6 aliphatic rings. The summed E-state index contributed by atoms with van der Waals surface area (Å²) in [6.45, 7) is 12.7. The molecule has 6 aliphatic heterocycles. The Balaban J connectivity index is 0.00000107. The van der Waals surface area contributed by atoms with Gasteiger partial charge in [-0.15, -0.1) is 0 Å². The van der Waals surface area contributed by atoms with Gasteiger partial charge in [0, 0.05) is 94.0 Å². The number of H-pyrrole nitrogens is 1. The second-order valence-corrected chi connectivity index (χ2v) is 14.2. The molecule has 9 heterocycles. The third-order valence-electron chi connectivity index (χ3n) is 10.2. The van der Waals surface area contributed by atoms with E-state index in [9.17, 15) is 0 Å². The van der Waals surface area contributed by atoms with E-state index >= 15 is 0 Å². The number of nitrogens with one attached hydrogen (secondary N) is 1. The van der Waals surface area contributed by atoms with Crippen LogP contribution in [0.3, 0.4) is 0 Å². The van der Waals surface area contributed by atoms with Crippen LogP contribution in [0.5, 0.6) is 0 Å². The van der Waals surface area contributed by atoms with E-state index in [-0.39, 0.29) is 16.8 Å². The molecule has 57 heavy (non-hydrogen) atoms. The summed E-state index contributed by atoms with van der Waals surface area (Å²) in [5.74, 6) is 0. The van der Waals surface area contributed by atoms with Crippen LogP contribution in [-0.2, 0) is 16.8 Å². The van der Waals surface area contributed by atoms with Crippen molar-refractivity contribution < 1.29 is 16.8 Å². The summed E-state index contributed by atoms with van der Waals surface area (Å²) in [5.41, 5.74) is 16.0. The molecule has 0 atom stereocenters. The predicted molar refractivity (Wildman–Crippen MR) is 228 cm³/mol. The standard InChI is InChI=1S/C44H42N8.2CN.Co/c1-48-19-11-30(12-20-48)41-39-10-9-36(47-39)28-35-6-5-33(45-35)27-34-7-8-37(46-34)29-40-42(31-13-21-49(2)22-14-31)43(32-15-23-50(3)24-16-32)44(41)52(40)38-17-25-51(4)26-18-38;2*1-2;/h5-19,21,23,25,27-29,45H,20,22,24,26H2,1-4H3;;;/q;2*-1;+3. The second-order valence-electron chi connectivity index (χ2n) is 14.2. The molecule has 10 nitrogen and oxygen atoms in total. The van der Waals surface area contributed by atoms with Gasteiger partial charge in [-0.2, -0.15) is 0 Å². The third kappa shape index (κ3) is 8.12. The van der Waals surface area contributed by atoms with Crippen molar-refractivity contribution in [2.24, 2.45) is 0 Å². The minimum Gasteiger partial charge on any atom is -0.512 e. The van der Waals surface area contributed by atoms with E-state index in [1.807, 2.05) is 0 Å². The van der Waals surface area contributed by atoms with Crippen LogP contribution in [0, 0.1) is 23.7 Å². The predicted octanol–water partition coefficient (Wildman–Crippen LogP) is 8.15. The first kappa shape index (κ1) is 39.9. The van der Waals surface area contributed by atoms with Gasteiger partial charge in [0.15, 0.2) is 0 Å². The van der Waals surface area contributed by atoms with Gasteiger partial charge in [-0.25, -0.2) is 9.97 Å². The molecular formula is C46H42CoN10+. The average molecular weight is 794 g/mol. The number of aromatic nitrogens is 4. The molecule has 11 heteroatoms. The molecule has 0 spiro atoms. The fourth-order valence-corrected chi connectivity index (χ4v) is 7.45. The monoisotopic (exact) mass is 793 g/mol. The molecule has 3 aromatic heterocycles. The molecule has 8 bridgehead atoms. The Morgan fingerprint density at radius 1 is 0.526 bits per heavy atom. The quantitative estimate of drug-likeness (QED) is 0.182. The number of aromatic amines is 1. The molecular weight excluding hydrogens is 752 g/mol. The van der Waals surface area contributed by atoms with Gasteiger partial charge < -0.3 is 52.8 Å². The number of allylic oxidation sites excluding steroid dienone is 8. The molecule has 284 valence electrons. The molecule has 9 rings (SSSR count). The molecule has 0 amide bonds. The van der Waals surface area contributed by atoms with Gasteiger partial charge >= 0.3 is 16.8 Å². The summed E-state index contributed by atoms with van der Waals surface area (Å²) in [4.78, 5) is 22.9. The maximum Gasteiger partial charge on any atom is 3.00 e. The van der Waals surface area contributed by atoms with E-state index in [4.69, 9.17) is 33.6 Å². The van der Waals surface area contributed by atoms with Crippen molar-refractivity contribution in [3.63, 3.8) is 0 Å². The van der Waals surface area contributed by atoms with Gasteiger partial charge in [-0.05, 0) is 120 Å². The van der Waals surface area contributed by atoms with Crippen LogP contribution in [0.4, 0.5) is 0 Å². The number of nitrogens with zero attached hydrogens (tertiary/aromatic N) is 9.